The number of nitrogens with zero attached hydrogens (tertiary/aromatic N) is 1. The van der Waals surface area contributed by atoms with E-state index in [4.69, 9.17) is 16.7 Å². The molecule has 0 saturated heterocycles. The van der Waals surface area contributed by atoms with E-state index >= 15 is 0 Å². The van der Waals surface area contributed by atoms with Gasteiger partial charge in [-0.3, -0.25) is 4.72 Å². The Balaban J connectivity index is 1.70. The SMILES string of the molecule is Cc1cc(Cl)ccc1NS(=O)(=O)c1cccc(-c2nc3ccc(C(=O)O)cc3[nH]2)c1. The van der Waals surface area contributed by atoms with Crippen LogP contribution in [0, 0.1) is 6.92 Å². The number of aromatic carboxylic acids is 1. The van der Waals surface area contributed by atoms with Crippen molar-refractivity contribution in [1.29, 1.82) is 0 Å². The second-order valence-electron chi connectivity index (χ2n) is 6.72. The Labute approximate surface area is 177 Å². The first-order chi connectivity index (χ1) is 14.2. The molecule has 0 aliphatic rings. The molecule has 0 spiro atoms. The molecule has 0 bridgehead atoms. The van der Waals surface area contributed by atoms with Gasteiger partial charge in [0.15, 0.2) is 0 Å². The Morgan fingerprint density at radius 1 is 1.10 bits per heavy atom. The number of fused-ring (bicyclic) bond motifs is 1. The molecule has 0 amide bonds. The Kier molecular flexibility index (Phi) is 4.97. The standard InChI is InChI=1S/C21H16ClN3O4S/c1-12-9-15(22)6-8-17(12)25-30(28,29)16-4-2-3-13(10-16)20-23-18-7-5-14(21(26)27)11-19(18)24-20/h2-11,25H,1H3,(H,23,24)(H,26,27). The molecular weight excluding hydrogens is 426 g/mol. The van der Waals surface area contributed by atoms with Gasteiger partial charge in [-0.15, -0.1) is 0 Å². The van der Waals surface area contributed by atoms with Crippen molar-refractivity contribution in [3.8, 4) is 11.4 Å². The van der Waals surface area contributed by atoms with Gasteiger partial charge in [0.05, 0.1) is 27.2 Å². The lowest BCUT2D eigenvalue weighted by Crippen LogP contribution is -2.13. The van der Waals surface area contributed by atoms with Gasteiger partial charge in [0, 0.05) is 10.6 Å². The van der Waals surface area contributed by atoms with Crippen molar-refractivity contribution >= 4 is 44.3 Å². The third-order valence-electron chi connectivity index (χ3n) is 4.58. The molecule has 0 radical (unpaired) electrons. The first-order valence-corrected chi connectivity index (χ1v) is 10.7. The van der Waals surface area contributed by atoms with E-state index in [1.807, 2.05) is 0 Å². The molecule has 0 aliphatic heterocycles. The number of carboxylic acid groups (broad SMARTS) is 1. The van der Waals surface area contributed by atoms with Crippen molar-refractivity contribution in [2.24, 2.45) is 0 Å². The largest absolute Gasteiger partial charge is 0.478 e. The monoisotopic (exact) mass is 441 g/mol. The molecule has 1 aromatic heterocycles. The van der Waals surface area contributed by atoms with Gasteiger partial charge in [0.25, 0.3) is 10.0 Å². The summed E-state index contributed by atoms with van der Waals surface area (Å²) < 4.78 is 28.3. The summed E-state index contributed by atoms with van der Waals surface area (Å²) in [4.78, 5) is 18.7. The molecule has 3 aromatic carbocycles. The second-order valence-corrected chi connectivity index (χ2v) is 8.83. The molecule has 0 fully saturated rings. The molecule has 0 saturated carbocycles. The number of H-pyrrole nitrogens is 1. The number of anilines is 1. The molecule has 4 rings (SSSR count). The van der Waals surface area contributed by atoms with Crippen molar-refractivity contribution in [2.45, 2.75) is 11.8 Å². The molecule has 0 unspecified atom stereocenters. The van der Waals surface area contributed by atoms with Crippen molar-refractivity contribution in [3.63, 3.8) is 0 Å². The molecule has 152 valence electrons. The van der Waals surface area contributed by atoms with Crippen LogP contribution in [0.3, 0.4) is 0 Å². The Bertz CT molecular complexity index is 1400. The minimum atomic E-state index is -3.84. The molecule has 7 nitrogen and oxygen atoms in total. The highest BCUT2D eigenvalue weighted by atomic mass is 35.5. The van der Waals surface area contributed by atoms with E-state index in [1.54, 1.807) is 43.3 Å². The number of hydrogen-bond acceptors (Lipinski definition) is 4. The van der Waals surface area contributed by atoms with Crippen LogP contribution >= 0.6 is 11.6 Å². The number of aryl methyl sites for hydroxylation is 1. The van der Waals surface area contributed by atoms with Gasteiger partial charge < -0.3 is 10.1 Å². The van der Waals surface area contributed by atoms with Gasteiger partial charge in [-0.1, -0.05) is 23.7 Å². The number of carbonyl (C=O) groups is 1. The lowest BCUT2D eigenvalue weighted by Gasteiger charge is -2.11. The van der Waals surface area contributed by atoms with Crippen LogP contribution in [0.25, 0.3) is 22.4 Å². The van der Waals surface area contributed by atoms with E-state index in [1.165, 1.54) is 24.3 Å². The van der Waals surface area contributed by atoms with Gasteiger partial charge in [0.1, 0.15) is 5.82 Å². The van der Waals surface area contributed by atoms with Crippen molar-refractivity contribution in [1.82, 2.24) is 9.97 Å². The van der Waals surface area contributed by atoms with Crippen LogP contribution in [0.4, 0.5) is 5.69 Å². The van der Waals surface area contributed by atoms with Crippen LogP contribution in [0.1, 0.15) is 15.9 Å². The van der Waals surface area contributed by atoms with E-state index in [-0.39, 0.29) is 10.5 Å². The van der Waals surface area contributed by atoms with Crippen molar-refractivity contribution in [2.75, 3.05) is 4.72 Å². The summed E-state index contributed by atoms with van der Waals surface area (Å²) in [6, 6.07) is 15.8. The van der Waals surface area contributed by atoms with Gasteiger partial charge in [-0.05, 0) is 61.0 Å². The zero-order chi connectivity index (χ0) is 21.5. The molecule has 0 atom stereocenters. The number of nitrogens with one attached hydrogen (secondary N) is 2. The normalized spacial score (nSPS) is 11.5. The predicted molar refractivity (Wildman–Crippen MR) is 115 cm³/mol. The first kappa shape index (κ1) is 19.9. The van der Waals surface area contributed by atoms with Crippen LogP contribution in [0.2, 0.25) is 5.02 Å². The van der Waals surface area contributed by atoms with E-state index in [2.05, 4.69) is 14.7 Å². The van der Waals surface area contributed by atoms with Crippen molar-refractivity contribution < 1.29 is 18.3 Å². The van der Waals surface area contributed by atoms with E-state index in [0.29, 0.717) is 38.7 Å². The first-order valence-electron chi connectivity index (χ1n) is 8.85. The summed E-state index contributed by atoms with van der Waals surface area (Å²) in [5, 5.41) is 9.66. The van der Waals surface area contributed by atoms with Gasteiger partial charge >= 0.3 is 5.97 Å². The quantitative estimate of drug-likeness (QED) is 0.416. The molecule has 0 aliphatic carbocycles. The number of imidazole rings is 1. The highest BCUT2D eigenvalue weighted by Crippen LogP contribution is 2.26. The molecule has 4 aromatic rings. The molecule has 3 N–H and O–H groups in total. The minimum absolute atomic E-state index is 0.0704. The molecular formula is C21H16ClN3O4S. The van der Waals surface area contributed by atoms with Crippen LogP contribution < -0.4 is 4.72 Å². The smallest absolute Gasteiger partial charge is 0.335 e. The van der Waals surface area contributed by atoms with Crippen LogP contribution in [-0.4, -0.2) is 29.5 Å². The minimum Gasteiger partial charge on any atom is -0.478 e. The van der Waals surface area contributed by atoms with E-state index < -0.39 is 16.0 Å². The van der Waals surface area contributed by atoms with E-state index in [9.17, 15) is 13.2 Å². The van der Waals surface area contributed by atoms with Crippen LogP contribution in [-0.2, 0) is 10.0 Å². The Morgan fingerprint density at radius 3 is 2.63 bits per heavy atom. The van der Waals surface area contributed by atoms with Gasteiger partial charge in [-0.25, -0.2) is 18.2 Å². The maximum absolute atomic E-state index is 12.9. The van der Waals surface area contributed by atoms with Gasteiger partial charge in [-0.2, -0.15) is 0 Å². The number of aromatic amines is 1. The summed E-state index contributed by atoms with van der Waals surface area (Å²) in [5.74, 6) is -0.600. The van der Waals surface area contributed by atoms with Crippen LogP contribution in [0.5, 0.6) is 0 Å². The Hall–Kier alpha value is -3.36. The highest BCUT2D eigenvalue weighted by Gasteiger charge is 2.17. The van der Waals surface area contributed by atoms with E-state index in [0.717, 1.165) is 0 Å². The number of sulfonamides is 1. The number of halogens is 1. The fourth-order valence-corrected chi connectivity index (χ4v) is 4.44. The zero-order valence-electron chi connectivity index (χ0n) is 15.7. The van der Waals surface area contributed by atoms with Crippen molar-refractivity contribution in [3.05, 3.63) is 76.8 Å². The summed E-state index contributed by atoms with van der Waals surface area (Å²) in [6.07, 6.45) is 0. The summed E-state index contributed by atoms with van der Waals surface area (Å²) in [7, 11) is -3.84. The molecule has 9 heteroatoms. The summed E-state index contributed by atoms with van der Waals surface area (Å²) >= 11 is 5.93. The third-order valence-corrected chi connectivity index (χ3v) is 6.18. The number of carboxylic acids is 1. The van der Waals surface area contributed by atoms with Crippen LogP contribution in [0.15, 0.2) is 65.6 Å². The highest BCUT2D eigenvalue weighted by molar-refractivity contribution is 7.92. The fourth-order valence-electron chi connectivity index (χ4n) is 3.04. The molecule has 30 heavy (non-hydrogen) atoms. The third kappa shape index (κ3) is 3.87. The number of aromatic nitrogens is 2. The zero-order valence-corrected chi connectivity index (χ0v) is 17.3. The topological polar surface area (TPSA) is 112 Å². The maximum Gasteiger partial charge on any atom is 0.335 e. The number of hydrogen-bond donors (Lipinski definition) is 3. The average molecular weight is 442 g/mol. The Morgan fingerprint density at radius 2 is 1.90 bits per heavy atom. The predicted octanol–water partition coefficient (Wildman–Crippen LogP) is 4.69. The maximum atomic E-state index is 12.9. The lowest BCUT2D eigenvalue weighted by atomic mass is 10.2. The number of benzene rings is 3. The fraction of sp³-hybridized carbons (Fsp3) is 0.0476. The average Bonchev–Trinajstić information content (AvgIpc) is 3.13. The second kappa shape index (κ2) is 7.47. The summed E-state index contributed by atoms with van der Waals surface area (Å²) in [5.41, 5.74) is 2.96. The summed E-state index contributed by atoms with van der Waals surface area (Å²) in [6.45, 7) is 1.76. The number of rotatable bonds is 5. The lowest BCUT2D eigenvalue weighted by molar-refractivity contribution is 0.0697. The molecule has 1 heterocycles. The van der Waals surface area contributed by atoms with Gasteiger partial charge in [0.2, 0.25) is 0 Å².